The molecule has 0 saturated heterocycles. The van der Waals surface area contributed by atoms with Crippen LogP contribution in [0.15, 0.2) is 85.6 Å². The molecule has 3 rings (SSSR count). The Morgan fingerprint density at radius 3 is 2.27 bits per heavy atom. The van der Waals surface area contributed by atoms with Crippen molar-refractivity contribution in [2.45, 2.75) is 13.1 Å². The summed E-state index contributed by atoms with van der Waals surface area (Å²) in [6.45, 7) is 4.52. The summed E-state index contributed by atoms with van der Waals surface area (Å²) in [7, 11) is 1.92. The summed E-state index contributed by atoms with van der Waals surface area (Å²) in [6, 6.07) is 18.9. The number of non-ortho nitro benzene ring substituents is 1. The molecule has 0 unspecified atom stereocenters. The van der Waals surface area contributed by atoms with Gasteiger partial charge in [-0.3, -0.25) is 19.7 Å². The first-order valence-corrected chi connectivity index (χ1v) is 10.5. The molecule has 0 radical (unpaired) electrons. The van der Waals surface area contributed by atoms with Gasteiger partial charge in [-0.15, -0.1) is 6.58 Å². The van der Waals surface area contributed by atoms with Crippen LogP contribution in [0.4, 0.5) is 5.69 Å². The van der Waals surface area contributed by atoms with Gasteiger partial charge in [-0.05, 0) is 29.8 Å². The van der Waals surface area contributed by atoms with Gasteiger partial charge in [0.05, 0.1) is 11.5 Å². The number of nitro groups is 1. The van der Waals surface area contributed by atoms with Crippen LogP contribution in [0.5, 0.6) is 0 Å². The Balaban J connectivity index is 1.80. The van der Waals surface area contributed by atoms with Gasteiger partial charge in [-0.1, -0.05) is 36.4 Å². The third-order valence-corrected chi connectivity index (χ3v) is 5.26. The number of benzene rings is 2. The van der Waals surface area contributed by atoms with E-state index in [1.54, 1.807) is 11.0 Å². The topological polar surface area (TPSA) is 88.7 Å². The van der Waals surface area contributed by atoms with E-state index >= 15 is 0 Å². The molecule has 2 aromatic carbocycles. The lowest BCUT2D eigenvalue weighted by Crippen LogP contribution is -2.42. The molecule has 3 aromatic rings. The van der Waals surface area contributed by atoms with Crippen LogP contribution in [0.2, 0.25) is 0 Å². The fourth-order valence-electron chi connectivity index (χ4n) is 3.44. The molecular weight excluding hydrogens is 420 g/mol. The lowest BCUT2D eigenvalue weighted by atomic mass is 10.1. The minimum Gasteiger partial charge on any atom is -0.353 e. The van der Waals surface area contributed by atoms with Crippen LogP contribution in [0, 0.1) is 10.1 Å². The van der Waals surface area contributed by atoms with Crippen molar-refractivity contribution in [2.24, 2.45) is 7.05 Å². The van der Waals surface area contributed by atoms with E-state index in [1.165, 1.54) is 29.2 Å². The van der Waals surface area contributed by atoms with E-state index in [0.29, 0.717) is 13.1 Å². The minimum atomic E-state index is -0.523. The van der Waals surface area contributed by atoms with Gasteiger partial charge in [0.25, 0.3) is 11.6 Å². The van der Waals surface area contributed by atoms with Gasteiger partial charge in [0, 0.05) is 49.7 Å². The van der Waals surface area contributed by atoms with E-state index in [1.807, 2.05) is 60.3 Å². The number of amides is 2. The maximum Gasteiger partial charge on any atom is 0.269 e. The van der Waals surface area contributed by atoms with Crippen LogP contribution in [0.1, 0.15) is 21.6 Å². The van der Waals surface area contributed by atoms with Crippen molar-refractivity contribution in [3.05, 3.63) is 113 Å². The number of aromatic nitrogens is 1. The summed E-state index contributed by atoms with van der Waals surface area (Å²) in [6.07, 6.45) is 3.47. The summed E-state index contributed by atoms with van der Waals surface area (Å²) in [5.74, 6) is -0.603. The van der Waals surface area contributed by atoms with Gasteiger partial charge in [0.2, 0.25) is 5.91 Å². The molecular formula is C25H26N4O4. The zero-order chi connectivity index (χ0) is 23.8. The molecule has 8 heteroatoms. The molecule has 0 aliphatic heterocycles. The Morgan fingerprint density at radius 1 is 1.00 bits per heavy atom. The monoisotopic (exact) mass is 446 g/mol. The highest BCUT2D eigenvalue weighted by Crippen LogP contribution is 2.15. The highest BCUT2D eigenvalue weighted by Gasteiger charge is 2.23. The number of aryl methyl sites for hydroxylation is 1. The van der Waals surface area contributed by atoms with Gasteiger partial charge >= 0.3 is 0 Å². The summed E-state index contributed by atoms with van der Waals surface area (Å²) in [4.78, 5) is 39.9. The number of carbonyl (C=O) groups excluding carboxylic acids is 2. The Morgan fingerprint density at radius 2 is 1.70 bits per heavy atom. The third kappa shape index (κ3) is 6.16. The van der Waals surface area contributed by atoms with Crippen molar-refractivity contribution in [3.8, 4) is 0 Å². The molecule has 0 aliphatic rings. The summed E-state index contributed by atoms with van der Waals surface area (Å²) in [5, 5.41) is 10.9. The van der Waals surface area contributed by atoms with Gasteiger partial charge in [0.15, 0.2) is 0 Å². The predicted octanol–water partition coefficient (Wildman–Crippen LogP) is 3.79. The fraction of sp³-hybridized carbons (Fsp3) is 0.200. The molecule has 0 saturated carbocycles. The first kappa shape index (κ1) is 23.5. The van der Waals surface area contributed by atoms with Crippen LogP contribution >= 0.6 is 0 Å². The van der Waals surface area contributed by atoms with Crippen molar-refractivity contribution in [2.75, 3.05) is 13.1 Å². The minimum absolute atomic E-state index is 0.102. The first-order chi connectivity index (χ1) is 15.9. The van der Waals surface area contributed by atoms with Crippen molar-refractivity contribution >= 4 is 17.5 Å². The number of hydrogen-bond donors (Lipinski definition) is 0. The molecule has 8 nitrogen and oxygen atoms in total. The fourth-order valence-corrected chi connectivity index (χ4v) is 3.44. The van der Waals surface area contributed by atoms with Crippen LogP contribution < -0.4 is 0 Å². The molecule has 0 N–H and O–H groups in total. The Labute approximate surface area is 192 Å². The average Bonchev–Trinajstić information content (AvgIpc) is 3.22. The smallest absolute Gasteiger partial charge is 0.269 e. The second-order valence-electron chi connectivity index (χ2n) is 7.62. The van der Waals surface area contributed by atoms with Crippen molar-refractivity contribution in [1.29, 1.82) is 0 Å². The van der Waals surface area contributed by atoms with Crippen molar-refractivity contribution in [1.82, 2.24) is 14.4 Å². The second-order valence-corrected chi connectivity index (χ2v) is 7.62. The summed E-state index contributed by atoms with van der Waals surface area (Å²) in [5.41, 5.74) is 2.12. The molecule has 0 atom stereocenters. The quantitative estimate of drug-likeness (QED) is 0.269. The number of carbonyl (C=O) groups is 2. The lowest BCUT2D eigenvalue weighted by Gasteiger charge is -2.27. The standard InChI is InChI=1S/C25H26N4O4/c1-3-15-27(25(31)21-11-13-22(14-12-21)29(32)33)19-24(30)28(17-20-8-5-4-6-9-20)18-23-10-7-16-26(23)2/h3-14,16H,1,15,17-19H2,2H3. The number of rotatable bonds is 10. The Kier molecular flexibility index (Phi) is 7.75. The zero-order valence-electron chi connectivity index (χ0n) is 18.5. The SMILES string of the molecule is C=CCN(CC(=O)N(Cc1ccccc1)Cc1cccn1C)C(=O)c1ccc([N+](=O)[O-])cc1. The number of nitrogens with zero attached hydrogens (tertiary/aromatic N) is 4. The molecule has 0 bridgehead atoms. The Bertz CT molecular complexity index is 1120. The van der Waals surface area contributed by atoms with Gasteiger partial charge in [-0.2, -0.15) is 0 Å². The van der Waals surface area contributed by atoms with E-state index in [4.69, 9.17) is 0 Å². The second kappa shape index (κ2) is 10.9. The molecule has 0 fully saturated rings. The van der Waals surface area contributed by atoms with Gasteiger partial charge in [0.1, 0.15) is 6.54 Å². The largest absolute Gasteiger partial charge is 0.353 e. The predicted molar refractivity (Wildman–Crippen MR) is 125 cm³/mol. The molecule has 170 valence electrons. The van der Waals surface area contributed by atoms with E-state index in [2.05, 4.69) is 6.58 Å². The van der Waals surface area contributed by atoms with Crippen molar-refractivity contribution < 1.29 is 14.5 Å². The van der Waals surface area contributed by atoms with Crippen LogP contribution in [0.3, 0.4) is 0 Å². The lowest BCUT2D eigenvalue weighted by molar-refractivity contribution is -0.384. The maximum atomic E-state index is 13.3. The maximum absolute atomic E-state index is 13.3. The molecule has 2 amide bonds. The highest BCUT2D eigenvalue weighted by molar-refractivity contribution is 5.96. The van der Waals surface area contributed by atoms with Gasteiger partial charge < -0.3 is 14.4 Å². The molecule has 1 aromatic heterocycles. The number of nitro benzene ring substituents is 1. The molecule has 0 aliphatic carbocycles. The van der Waals surface area contributed by atoms with Crippen LogP contribution in [0.25, 0.3) is 0 Å². The normalized spacial score (nSPS) is 10.5. The van der Waals surface area contributed by atoms with E-state index in [-0.39, 0.29) is 30.2 Å². The molecule has 33 heavy (non-hydrogen) atoms. The zero-order valence-corrected chi connectivity index (χ0v) is 18.5. The third-order valence-electron chi connectivity index (χ3n) is 5.26. The van der Waals surface area contributed by atoms with Crippen molar-refractivity contribution in [3.63, 3.8) is 0 Å². The molecule has 0 spiro atoms. The number of hydrogen-bond acceptors (Lipinski definition) is 4. The van der Waals surface area contributed by atoms with E-state index in [9.17, 15) is 19.7 Å². The average molecular weight is 447 g/mol. The molecule has 1 heterocycles. The van der Waals surface area contributed by atoms with E-state index in [0.717, 1.165) is 11.3 Å². The van der Waals surface area contributed by atoms with Crippen LogP contribution in [-0.2, 0) is 24.9 Å². The first-order valence-electron chi connectivity index (χ1n) is 10.5. The Hall–Kier alpha value is -4.20. The summed E-state index contributed by atoms with van der Waals surface area (Å²) < 4.78 is 1.95. The van der Waals surface area contributed by atoms with Crippen LogP contribution in [-0.4, -0.2) is 44.2 Å². The van der Waals surface area contributed by atoms with E-state index < -0.39 is 10.8 Å². The highest BCUT2D eigenvalue weighted by atomic mass is 16.6. The summed E-state index contributed by atoms with van der Waals surface area (Å²) >= 11 is 0. The van der Waals surface area contributed by atoms with Gasteiger partial charge in [-0.25, -0.2) is 0 Å².